The number of hydrogen-bond donors (Lipinski definition) is 8. The lowest BCUT2D eigenvalue weighted by atomic mass is 10.1. The summed E-state index contributed by atoms with van der Waals surface area (Å²) in [6.45, 7) is 18.6. The van der Waals surface area contributed by atoms with Crippen LogP contribution >= 0.6 is 0 Å². The second-order valence-electron chi connectivity index (χ2n) is 21.4. The fourth-order valence-electron chi connectivity index (χ4n) is 7.50. The number of ether oxygens (including phenoxy) is 6. The SMILES string of the molecule is COC(=O)C(CCCCNC(=O)OCc1ccccc1)NC(=O)C(COC(C)(C)C)NC(=O)C(CC(=O)OC(C)(C)C)NC(=O)CNC(=O)C(CCCN=C(N)NS(=O)(=O)c1c(C)cc(C)c(OC)c1C)NC(=O)OC(C)(C)C. The number of amides is 6. The Labute approximate surface area is 463 Å². The number of sulfonamides is 1. The number of benzene rings is 2. The van der Waals surface area contributed by atoms with Crippen molar-refractivity contribution in [3.8, 4) is 5.75 Å². The topological polar surface area (TPSA) is 349 Å². The fraction of sp³-hybridized carbons (Fsp3) is 0.604. The van der Waals surface area contributed by atoms with Gasteiger partial charge in [-0.05, 0) is 132 Å². The first-order valence-electron chi connectivity index (χ1n) is 25.7. The van der Waals surface area contributed by atoms with E-state index in [0.29, 0.717) is 29.7 Å². The van der Waals surface area contributed by atoms with Crippen LogP contribution in [-0.2, 0) is 69.1 Å². The molecule has 0 heterocycles. The van der Waals surface area contributed by atoms with E-state index in [1.54, 1.807) is 89.2 Å². The summed E-state index contributed by atoms with van der Waals surface area (Å²) >= 11 is 0. The molecule has 442 valence electrons. The van der Waals surface area contributed by atoms with Crippen LogP contribution in [0, 0.1) is 20.8 Å². The van der Waals surface area contributed by atoms with E-state index in [4.69, 9.17) is 34.2 Å². The van der Waals surface area contributed by atoms with Crippen LogP contribution in [0.3, 0.4) is 0 Å². The van der Waals surface area contributed by atoms with Gasteiger partial charge in [0.2, 0.25) is 29.6 Å². The van der Waals surface area contributed by atoms with Gasteiger partial charge >= 0.3 is 24.1 Å². The van der Waals surface area contributed by atoms with E-state index in [0.717, 1.165) is 18.2 Å². The summed E-state index contributed by atoms with van der Waals surface area (Å²) in [7, 11) is -1.66. The largest absolute Gasteiger partial charge is 0.496 e. The van der Waals surface area contributed by atoms with Crippen molar-refractivity contribution in [1.82, 2.24) is 36.6 Å². The zero-order valence-corrected chi connectivity index (χ0v) is 48.8. The zero-order valence-electron chi connectivity index (χ0n) is 48.0. The molecule has 2 rings (SSSR count). The van der Waals surface area contributed by atoms with Gasteiger partial charge in [-0.2, -0.15) is 0 Å². The predicted molar refractivity (Wildman–Crippen MR) is 292 cm³/mol. The van der Waals surface area contributed by atoms with Crippen LogP contribution in [-0.4, -0.2) is 144 Å². The molecule has 0 bridgehead atoms. The van der Waals surface area contributed by atoms with Crippen LogP contribution in [0.25, 0.3) is 0 Å². The second kappa shape index (κ2) is 31.4. The third kappa shape index (κ3) is 26.3. The summed E-state index contributed by atoms with van der Waals surface area (Å²) < 4.78 is 61.2. The van der Waals surface area contributed by atoms with Gasteiger partial charge < -0.3 is 66.1 Å². The maximum Gasteiger partial charge on any atom is 0.408 e. The van der Waals surface area contributed by atoms with Gasteiger partial charge in [0.1, 0.15) is 47.7 Å². The molecule has 2 aromatic carbocycles. The van der Waals surface area contributed by atoms with E-state index < -0.39 is 124 Å². The molecule has 79 heavy (non-hydrogen) atoms. The first-order chi connectivity index (χ1) is 36.6. The molecule has 4 unspecified atom stereocenters. The minimum atomic E-state index is -4.22. The summed E-state index contributed by atoms with van der Waals surface area (Å²) in [5.41, 5.74) is 5.54. The Morgan fingerprint density at radius 1 is 0.671 bits per heavy atom. The Balaban J connectivity index is 2.25. The number of unbranched alkanes of at least 4 members (excludes halogenated alkanes) is 1. The van der Waals surface area contributed by atoms with Crippen LogP contribution in [0.1, 0.15) is 123 Å². The Morgan fingerprint density at radius 2 is 1.28 bits per heavy atom. The van der Waals surface area contributed by atoms with E-state index in [1.807, 2.05) is 30.3 Å². The third-order valence-electron chi connectivity index (χ3n) is 10.9. The number of carbonyl (C=O) groups excluding carboxylic acids is 8. The lowest BCUT2D eigenvalue weighted by Crippen LogP contribution is -2.58. The molecule has 0 aliphatic heterocycles. The van der Waals surface area contributed by atoms with E-state index in [1.165, 1.54) is 7.11 Å². The second-order valence-corrected chi connectivity index (χ2v) is 23.0. The number of methoxy groups -OCH3 is 2. The fourth-order valence-corrected chi connectivity index (χ4v) is 8.92. The van der Waals surface area contributed by atoms with Crippen molar-refractivity contribution in [3.05, 3.63) is 58.7 Å². The molecule has 0 radical (unpaired) electrons. The summed E-state index contributed by atoms with van der Waals surface area (Å²) in [5.74, 6) is -5.54. The normalized spacial score (nSPS) is 13.5. The first-order valence-corrected chi connectivity index (χ1v) is 27.2. The highest BCUT2D eigenvalue weighted by Gasteiger charge is 2.34. The molecule has 0 aromatic heterocycles. The van der Waals surface area contributed by atoms with E-state index in [-0.39, 0.29) is 43.9 Å². The molecule has 0 spiro atoms. The standard InChI is InChI=1S/C53H83N9O16S/c1-32-27-33(2)43(34(3)42(32)73-13)79(71,72)62-48(54)55-26-20-24-36(61-50(70)78-53(10,11)12)44(65)57-29-40(63)58-38(28-41(64)77-52(7,8)9)45(66)60-39(31-76-51(4,5)6)46(67)59-37(47(68)74-14)23-18-19-25-56-49(69)75-30-35-21-16-15-17-22-35/h15-17,21-22,27,36-39H,18-20,23-26,28-31H2,1-14H3,(H,56,69)(H,57,65)(H,58,63)(H,59,67)(H,60,66)(H,61,70)(H3,54,55,62). The number of aryl methyl sites for hydroxylation is 2. The van der Waals surface area contributed by atoms with Crippen LogP contribution in [0.5, 0.6) is 5.75 Å². The molecule has 4 atom stereocenters. The highest BCUT2D eigenvalue weighted by molar-refractivity contribution is 7.90. The average molecular weight is 1130 g/mol. The van der Waals surface area contributed by atoms with Crippen LogP contribution in [0.4, 0.5) is 9.59 Å². The molecule has 0 saturated heterocycles. The quantitative estimate of drug-likeness (QED) is 0.0199. The smallest absolute Gasteiger partial charge is 0.408 e. The summed E-state index contributed by atoms with van der Waals surface area (Å²) in [4.78, 5) is 110. The molecule has 26 heteroatoms. The average Bonchev–Trinajstić information content (AvgIpc) is 3.32. The number of nitrogens with zero attached hydrogens (tertiary/aromatic N) is 1. The van der Waals surface area contributed by atoms with Crippen molar-refractivity contribution >= 4 is 63.7 Å². The molecule has 9 N–H and O–H groups in total. The minimum absolute atomic E-state index is 0.0362. The molecule has 2 aromatic rings. The number of hydrogen-bond acceptors (Lipinski definition) is 17. The Kier molecular flexibility index (Phi) is 27.0. The predicted octanol–water partition coefficient (Wildman–Crippen LogP) is 3.27. The molecule has 0 aliphatic carbocycles. The molecule has 0 fully saturated rings. The first kappa shape index (κ1) is 67.9. The monoisotopic (exact) mass is 1130 g/mol. The number of guanidine groups is 1. The van der Waals surface area contributed by atoms with Gasteiger partial charge in [0.15, 0.2) is 0 Å². The minimum Gasteiger partial charge on any atom is -0.496 e. The van der Waals surface area contributed by atoms with Crippen molar-refractivity contribution in [1.29, 1.82) is 0 Å². The maximum atomic E-state index is 14.1. The zero-order chi connectivity index (χ0) is 59.9. The van der Waals surface area contributed by atoms with Crippen LogP contribution in [0.15, 0.2) is 46.3 Å². The van der Waals surface area contributed by atoms with Gasteiger partial charge in [-0.15, -0.1) is 0 Å². The van der Waals surface area contributed by atoms with E-state index in [9.17, 15) is 46.8 Å². The number of carbonyl (C=O) groups is 8. The highest BCUT2D eigenvalue weighted by atomic mass is 32.2. The van der Waals surface area contributed by atoms with E-state index >= 15 is 0 Å². The van der Waals surface area contributed by atoms with Gasteiger partial charge in [0.25, 0.3) is 10.0 Å². The Hall–Kier alpha value is -7.22. The number of alkyl carbamates (subject to hydrolysis) is 2. The van der Waals surface area contributed by atoms with Crippen molar-refractivity contribution in [2.45, 2.75) is 174 Å². The number of nitrogens with one attached hydrogen (secondary N) is 7. The van der Waals surface area contributed by atoms with Crippen molar-refractivity contribution < 1.29 is 75.2 Å². The maximum absolute atomic E-state index is 14.1. The lowest BCUT2D eigenvalue weighted by Gasteiger charge is -2.28. The van der Waals surface area contributed by atoms with Gasteiger partial charge in [0, 0.05) is 18.7 Å². The van der Waals surface area contributed by atoms with E-state index in [2.05, 4.69) is 41.6 Å². The molecule has 0 saturated carbocycles. The van der Waals surface area contributed by atoms with Gasteiger partial charge in [-0.25, -0.2) is 27.5 Å². The van der Waals surface area contributed by atoms with Gasteiger partial charge in [-0.3, -0.25) is 29.0 Å². The number of nitrogens with two attached hydrogens (primary N) is 1. The Bertz CT molecular complexity index is 2560. The van der Waals surface area contributed by atoms with Crippen LogP contribution in [0.2, 0.25) is 0 Å². The van der Waals surface area contributed by atoms with Crippen molar-refractivity contribution in [2.75, 3.05) is 40.5 Å². The molecular formula is C53H83N9O16S. The van der Waals surface area contributed by atoms with Gasteiger partial charge in [-0.1, -0.05) is 36.4 Å². The van der Waals surface area contributed by atoms with Crippen LogP contribution < -0.4 is 47.1 Å². The molecule has 25 nitrogen and oxygen atoms in total. The molecule has 0 aliphatic rings. The van der Waals surface area contributed by atoms with Crippen molar-refractivity contribution in [3.63, 3.8) is 0 Å². The number of aliphatic imine (C=N–C) groups is 1. The summed E-state index contributed by atoms with van der Waals surface area (Å²) in [6.07, 6.45) is -1.64. The van der Waals surface area contributed by atoms with Gasteiger partial charge in [0.05, 0.1) is 44.3 Å². The lowest BCUT2D eigenvalue weighted by molar-refractivity contribution is -0.156. The highest BCUT2D eigenvalue weighted by Crippen LogP contribution is 2.31. The number of esters is 2. The summed E-state index contributed by atoms with van der Waals surface area (Å²) in [5, 5.41) is 15.0. The Morgan fingerprint density at radius 3 is 1.87 bits per heavy atom. The molecular weight excluding hydrogens is 1050 g/mol. The molecule has 6 amide bonds. The number of rotatable bonds is 28. The summed E-state index contributed by atoms with van der Waals surface area (Å²) in [6, 6.07) is 5.00. The van der Waals surface area contributed by atoms with Crippen molar-refractivity contribution in [2.24, 2.45) is 10.7 Å². The third-order valence-corrected chi connectivity index (χ3v) is 12.5.